The summed E-state index contributed by atoms with van der Waals surface area (Å²) >= 11 is 0. The summed E-state index contributed by atoms with van der Waals surface area (Å²) in [6, 6.07) is 0.276. The molecule has 21 heavy (non-hydrogen) atoms. The van der Waals surface area contributed by atoms with Gasteiger partial charge in [-0.15, -0.1) is 0 Å². The van der Waals surface area contributed by atoms with Crippen LogP contribution in [0.3, 0.4) is 0 Å². The predicted molar refractivity (Wildman–Crippen MR) is 81.8 cm³/mol. The average molecular weight is 295 g/mol. The molecule has 0 aromatic heterocycles. The average Bonchev–Trinajstić information content (AvgIpc) is 2.95. The van der Waals surface area contributed by atoms with E-state index < -0.39 is 5.54 Å². The van der Waals surface area contributed by atoms with Crippen LogP contribution in [0.15, 0.2) is 0 Å². The fourth-order valence-corrected chi connectivity index (χ4v) is 4.54. The van der Waals surface area contributed by atoms with Crippen molar-refractivity contribution in [2.24, 2.45) is 17.1 Å². The SMILES string of the molecule is CCN1CCC(NC(=O)C2(N)C3CCOC3C2(C)C)CC1. The lowest BCUT2D eigenvalue weighted by Crippen LogP contribution is -2.80. The van der Waals surface area contributed by atoms with Crippen molar-refractivity contribution in [2.45, 2.75) is 57.7 Å². The number of hydrogen-bond donors (Lipinski definition) is 2. The summed E-state index contributed by atoms with van der Waals surface area (Å²) in [7, 11) is 0. The van der Waals surface area contributed by atoms with Crippen LogP contribution in [0.4, 0.5) is 0 Å². The van der Waals surface area contributed by atoms with E-state index in [2.05, 4.69) is 31.0 Å². The second-order valence-corrected chi connectivity index (χ2v) is 7.46. The number of fused-ring (bicyclic) bond motifs is 1. The molecule has 2 aliphatic heterocycles. The first-order valence-electron chi connectivity index (χ1n) is 8.35. The van der Waals surface area contributed by atoms with Crippen LogP contribution in [0, 0.1) is 11.3 Å². The topological polar surface area (TPSA) is 67.6 Å². The highest BCUT2D eigenvalue weighted by Crippen LogP contribution is 2.58. The minimum absolute atomic E-state index is 0.0363. The van der Waals surface area contributed by atoms with E-state index in [1.54, 1.807) is 0 Å². The van der Waals surface area contributed by atoms with E-state index in [0.717, 1.165) is 45.5 Å². The molecule has 0 spiro atoms. The zero-order valence-electron chi connectivity index (χ0n) is 13.5. The molecule has 3 aliphatic rings. The molecule has 2 saturated heterocycles. The van der Waals surface area contributed by atoms with E-state index in [0.29, 0.717) is 0 Å². The summed E-state index contributed by atoms with van der Waals surface area (Å²) in [5, 5.41) is 3.23. The number of piperidine rings is 1. The van der Waals surface area contributed by atoms with Crippen LogP contribution in [-0.4, -0.2) is 54.7 Å². The van der Waals surface area contributed by atoms with Crippen molar-refractivity contribution in [2.75, 3.05) is 26.2 Å². The summed E-state index contributed by atoms with van der Waals surface area (Å²) in [5.74, 6) is 0.220. The van der Waals surface area contributed by atoms with E-state index in [1.165, 1.54) is 0 Å². The van der Waals surface area contributed by atoms with Crippen molar-refractivity contribution >= 4 is 5.91 Å². The van der Waals surface area contributed by atoms with E-state index >= 15 is 0 Å². The molecule has 0 aromatic rings. The van der Waals surface area contributed by atoms with Gasteiger partial charge in [0.05, 0.1) is 6.10 Å². The van der Waals surface area contributed by atoms with Crippen LogP contribution >= 0.6 is 0 Å². The lowest BCUT2D eigenvalue weighted by molar-refractivity contribution is -0.176. The lowest BCUT2D eigenvalue weighted by Gasteiger charge is -2.61. The van der Waals surface area contributed by atoms with E-state index in [9.17, 15) is 4.79 Å². The van der Waals surface area contributed by atoms with Crippen molar-refractivity contribution in [1.29, 1.82) is 0 Å². The highest BCUT2D eigenvalue weighted by molar-refractivity contribution is 5.89. The number of likely N-dealkylation sites (tertiary alicyclic amines) is 1. The molecule has 1 aliphatic carbocycles. The van der Waals surface area contributed by atoms with E-state index in [-0.39, 0.29) is 29.4 Å². The number of rotatable bonds is 3. The zero-order valence-corrected chi connectivity index (χ0v) is 13.5. The third-order valence-electron chi connectivity index (χ3n) is 6.20. The van der Waals surface area contributed by atoms with Gasteiger partial charge in [-0.25, -0.2) is 0 Å². The van der Waals surface area contributed by atoms with Crippen LogP contribution in [0.25, 0.3) is 0 Å². The third-order valence-corrected chi connectivity index (χ3v) is 6.20. The highest BCUT2D eigenvalue weighted by Gasteiger charge is 2.71. The van der Waals surface area contributed by atoms with Crippen LogP contribution < -0.4 is 11.1 Å². The van der Waals surface area contributed by atoms with E-state index in [4.69, 9.17) is 10.5 Å². The number of amides is 1. The monoisotopic (exact) mass is 295 g/mol. The number of nitrogens with zero attached hydrogens (tertiary/aromatic N) is 1. The van der Waals surface area contributed by atoms with Gasteiger partial charge in [0.25, 0.3) is 0 Å². The summed E-state index contributed by atoms with van der Waals surface area (Å²) in [5.41, 5.74) is 5.53. The van der Waals surface area contributed by atoms with E-state index in [1.807, 2.05) is 0 Å². The Kier molecular flexibility index (Phi) is 3.79. The molecular weight excluding hydrogens is 266 g/mol. The number of carbonyl (C=O) groups is 1. The zero-order chi connectivity index (χ0) is 15.3. The first kappa shape index (κ1) is 15.3. The molecule has 3 rings (SSSR count). The number of nitrogens with one attached hydrogen (secondary N) is 1. The minimum Gasteiger partial charge on any atom is -0.377 e. The Balaban J connectivity index is 1.63. The summed E-state index contributed by atoms with van der Waals surface area (Å²) < 4.78 is 5.76. The van der Waals surface area contributed by atoms with Gasteiger partial charge in [-0.3, -0.25) is 4.79 Å². The van der Waals surface area contributed by atoms with Gasteiger partial charge in [0, 0.05) is 37.1 Å². The molecule has 120 valence electrons. The maximum absolute atomic E-state index is 12.8. The first-order valence-corrected chi connectivity index (χ1v) is 8.35. The quantitative estimate of drug-likeness (QED) is 0.805. The van der Waals surface area contributed by atoms with Crippen LogP contribution in [0.1, 0.15) is 40.0 Å². The van der Waals surface area contributed by atoms with Crippen LogP contribution in [0.2, 0.25) is 0 Å². The number of hydrogen-bond acceptors (Lipinski definition) is 4. The normalized spacial score (nSPS) is 39.6. The Morgan fingerprint density at radius 1 is 1.33 bits per heavy atom. The predicted octanol–water partition coefficient (Wildman–Crippen LogP) is 0.729. The molecule has 3 unspecified atom stereocenters. The van der Waals surface area contributed by atoms with Gasteiger partial charge < -0.3 is 20.7 Å². The summed E-state index contributed by atoms with van der Waals surface area (Å²) in [4.78, 5) is 15.2. The second-order valence-electron chi connectivity index (χ2n) is 7.46. The van der Waals surface area contributed by atoms with Crippen molar-refractivity contribution in [1.82, 2.24) is 10.2 Å². The van der Waals surface area contributed by atoms with Gasteiger partial charge in [0.15, 0.2) is 0 Å². The molecule has 2 heterocycles. The Bertz CT molecular complexity index is 418. The molecule has 3 atom stereocenters. The highest BCUT2D eigenvalue weighted by atomic mass is 16.5. The Morgan fingerprint density at radius 2 is 2.00 bits per heavy atom. The first-order chi connectivity index (χ1) is 9.91. The number of ether oxygens (including phenoxy) is 1. The standard InChI is InChI=1S/C16H29N3O2/c1-4-19-8-5-11(6-9-19)18-14(20)16(17)12-7-10-21-13(12)15(16,2)3/h11-13H,4-10,17H2,1-3H3,(H,18,20). The summed E-state index contributed by atoms with van der Waals surface area (Å²) in [6.45, 7) is 10.3. The smallest absolute Gasteiger partial charge is 0.241 e. The van der Waals surface area contributed by atoms with Gasteiger partial charge in [0.1, 0.15) is 5.54 Å². The molecule has 3 fully saturated rings. The van der Waals surface area contributed by atoms with Gasteiger partial charge in [-0.2, -0.15) is 0 Å². The molecular formula is C16H29N3O2. The van der Waals surface area contributed by atoms with Crippen molar-refractivity contribution < 1.29 is 9.53 Å². The van der Waals surface area contributed by atoms with Crippen LogP contribution in [-0.2, 0) is 9.53 Å². The molecule has 0 bridgehead atoms. The van der Waals surface area contributed by atoms with Crippen molar-refractivity contribution in [3.8, 4) is 0 Å². The maximum Gasteiger partial charge on any atom is 0.241 e. The van der Waals surface area contributed by atoms with Gasteiger partial charge in [-0.05, 0) is 25.8 Å². The molecule has 3 N–H and O–H groups in total. The minimum atomic E-state index is -0.768. The Morgan fingerprint density at radius 3 is 2.62 bits per heavy atom. The molecule has 1 amide bonds. The molecule has 0 radical (unpaired) electrons. The maximum atomic E-state index is 12.8. The number of carbonyl (C=O) groups excluding carboxylic acids is 1. The third kappa shape index (κ3) is 2.13. The molecule has 1 saturated carbocycles. The van der Waals surface area contributed by atoms with Crippen molar-refractivity contribution in [3.05, 3.63) is 0 Å². The summed E-state index contributed by atoms with van der Waals surface area (Å²) in [6.07, 6.45) is 3.11. The molecule has 5 nitrogen and oxygen atoms in total. The largest absolute Gasteiger partial charge is 0.377 e. The Hall–Kier alpha value is -0.650. The second kappa shape index (κ2) is 5.21. The lowest BCUT2D eigenvalue weighted by atomic mass is 9.48. The Labute approximate surface area is 127 Å². The number of nitrogens with two attached hydrogens (primary N) is 1. The fourth-order valence-electron chi connectivity index (χ4n) is 4.54. The fraction of sp³-hybridized carbons (Fsp3) is 0.938. The molecule has 0 aromatic carbocycles. The molecule has 5 heteroatoms. The van der Waals surface area contributed by atoms with Crippen molar-refractivity contribution in [3.63, 3.8) is 0 Å². The van der Waals surface area contributed by atoms with Crippen LogP contribution in [0.5, 0.6) is 0 Å². The van der Waals surface area contributed by atoms with Gasteiger partial charge in [-0.1, -0.05) is 20.8 Å². The van der Waals surface area contributed by atoms with Gasteiger partial charge in [0.2, 0.25) is 5.91 Å². The van der Waals surface area contributed by atoms with Gasteiger partial charge >= 0.3 is 0 Å².